The molecule has 0 unspecified atom stereocenters. The van der Waals surface area contributed by atoms with E-state index in [1.807, 2.05) is 0 Å². The molecule has 0 fully saturated rings. The van der Waals surface area contributed by atoms with E-state index < -0.39 is 17.5 Å². The summed E-state index contributed by atoms with van der Waals surface area (Å²) in [6, 6.07) is 11.0. The summed E-state index contributed by atoms with van der Waals surface area (Å²) in [6.45, 7) is 0.448. The number of benzene rings is 2. The Morgan fingerprint density at radius 2 is 1.77 bits per heavy atom. The van der Waals surface area contributed by atoms with Gasteiger partial charge in [-0.15, -0.1) is 0 Å². The first-order valence-electron chi connectivity index (χ1n) is 6.42. The van der Waals surface area contributed by atoms with E-state index in [4.69, 9.17) is 4.42 Å². The Balaban J connectivity index is 2.13. The summed E-state index contributed by atoms with van der Waals surface area (Å²) in [7, 11) is 0. The summed E-state index contributed by atoms with van der Waals surface area (Å²) in [5.41, 5.74) is -0.388. The van der Waals surface area contributed by atoms with Crippen LogP contribution < -0.4 is 10.4 Å². The molecule has 0 spiro atoms. The number of fused-ring (bicyclic) bond motifs is 3. The van der Waals surface area contributed by atoms with E-state index in [9.17, 15) is 18.4 Å². The maximum atomic E-state index is 12.8. The van der Waals surface area contributed by atoms with Crippen LogP contribution in [0.4, 0.5) is 8.78 Å². The third kappa shape index (κ3) is 2.43. The van der Waals surface area contributed by atoms with E-state index in [-0.39, 0.29) is 11.3 Å². The number of hydrogen-bond donors (Lipinski definition) is 0. The highest BCUT2D eigenvalue weighted by Crippen LogP contribution is 2.27. The van der Waals surface area contributed by atoms with Crippen molar-refractivity contribution in [3.05, 3.63) is 52.9 Å². The summed E-state index contributed by atoms with van der Waals surface area (Å²) in [4.78, 5) is 23.1. The van der Waals surface area contributed by atoms with Crippen molar-refractivity contribution in [3.63, 3.8) is 0 Å². The van der Waals surface area contributed by atoms with Gasteiger partial charge in [0.2, 0.25) is 0 Å². The first kappa shape index (κ1) is 14.2. The lowest BCUT2D eigenvalue weighted by molar-refractivity contribution is -0.158. The van der Waals surface area contributed by atoms with Crippen LogP contribution in [0, 0.1) is 0 Å². The molecule has 3 aromatic rings. The third-order valence-corrected chi connectivity index (χ3v) is 3.16. The van der Waals surface area contributed by atoms with Gasteiger partial charge in [-0.2, -0.15) is 8.78 Å². The molecule has 0 bridgehead atoms. The first-order valence-corrected chi connectivity index (χ1v) is 6.42. The normalized spacial score (nSPS) is 11.8. The molecule has 112 valence electrons. The van der Waals surface area contributed by atoms with Crippen molar-refractivity contribution in [3.8, 4) is 5.75 Å². The monoisotopic (exact) mass is 304 g/mol. The van der Waals surface area contributed by atoms with Crippen LogP contribution >= 0.6 is 0 Å². The Bertz CT molecular complexity index is 938. The molecule has 0 atom stereocenters. The SMILES string of the molecule is CC(F)(F)C(=O)Oc1ccc2c(c1)oc(=O)c1ccccc12. The van der Waals surface area contributed by atoms with Gasteiger partial charge in [-0.1, -0.05) is 18.2 Å². The second-order valence-corrected chi connectivity index (χ2v) is 4.87. The quantitative estimate of drug-likeness (QED) is 0.315. The number of halogens is 2. The highest BCUT2D eigenvalue weighted by Gasteiger charge is 2.34. The average molecular weight is 304 g/mol. The predicted octanol–water partition coefficient (Wildman–Crippen LogP) is 3.51. The Morgan fingerprint density at radius 1 is 1.09 bits per heavy atom. The number of rotatable bonds is 2. The Hall–Kier alpha value is -2.76. The van der Waals surface area contributed by atoms with Gasteiger partial charge in [0.25, 0.3) is 0 Å². The van der Waals surface area contributed by atoms with Gasteiger partial charge >= 0.3 is 17.5 Å². The molecule has 0 saturated heterocycles. The predicted molar refractivity (Wildman–Crippen MR) is 76.2 cm³/mol. The summed E-state index contributed by atoms with van der Waals surface area (Å²) >= 11 is 0. The van der Waals surface area contributed by atoms with Crippen molar-refractivity contribution in [2.24, 2.45) is 0 Å². The lowest BCUT2D eigenvalue weighted by Crippen LogP contribution is -2.29. The van der Waals surface area contributed by atoms with E-state index >= 15 is 0 Å². The van der Waals surface area contributed by atoms with E-state index in [1.165, 1.54) is 12.1 Å². The summed E-state index contributed by atoms with van der Waals surface area (Å²) in [6.07, 6.45) is 0. The molecule has 1 heterocycles. The standard InChI is InChI=1S/C16H10F2O4/c1-16(17,18)15(20)21-9-6-7-11-10-4-2-3-5-12(10)14(19)22-13(11)8-9/h2-8H,1H3. The van der Waals surface area contributed by atoms with Crippen LogP contribution in [-0.4, -0.2) is 11.9 Å². The van der Waals surface area contributed by atoms with Gasteiger partial charge in [0.15, 0.2) is 0 Å². The van der Waals surface area contributed by atoms with Crippen molar-refractivity contribution in [2.45, 2.75) is 12.8 Å². The fraction of sp³-hybridized carbons (Fsp3) is 0.125. The van der Waals surface area contributed by atoms with Crippen molar-refractivity contribution in [1.29, 1.82) is 0 Å². The maximum absolute atomic E-state index is 12.8. The average Bonchev–Trinajstić information content (AvgIpc) is 2.46. The third-order valence-electron chi connectivity index (χ3n) is 3.16. The lowest BCUT2D eigenvalue weighted by Gasteiger charge is -2.10. The molecule has 4 nitrogen and oxygen atoms in total. The Kier molecular flexibility index (Phi) is 3.16. The Morgan fingerprint density at radius 3 is 2.45 bits per heavy atom. The van der Waals surface area contributed by atoms with Crippen molar-refractivity contribution in [2.75, 3.05) is 0 Å². The lowest BCUT2D eigenvalue weighted by atomic mass is 10.1. The van der Waals surface area contributed by atoms with Gasteiger partial charge in [-0.25, -0.2) is 9.59 Å². The molecule has 2 aromatic carbocycles. The number of esters is 1. The topological polar surface area (TPSA) is 56.5 Å². The smallest absolute Gasteiger partial charge is 0.382 e. The number of alkyl halides is 2. The largest absolute Gasteiger partial charge is 0.422 e. The summed E-state index contributed by atoms with van der Waals surface area (Å²) in [5.74, 6) is -5.38. The van der Waals surface area contributed by atoms with Gasteiger partial charge in [0, 0.05) is 18.4 Å². The number of carbonyl (C=O) groups is 1. The maximum Gasteiger partial charge on any atom is 0.382 e. The highest BCUT2D eigenvalue weighted by molar-refractivity contribution is 6.04. The molecule has 0 aliphatic rings. The molecular weight excluding hydrogens is 294 g/mol. The van der Waals surface area contributed by atoms with E-state index in [0.29, 0.717) is 23.1 Å². The summed E-state index contributed by atoms with van der Waals surface area (Å²) < 4.78 is 35.4. The molecule has 0 aliphatic heterocycles. The van der Waals surface area contributed by atoms with Crippen molar-refractivity contribution in [1.82, 2.24) is 0 Å². The van der Waals surface area contributed by atoms with Crippen LogP contribution in [0.5, 0.6) is 5.75 Å². The molecule has 0 aliphatic carbocycles. The fourth-order valence-corrected chi connectivity index (χ4v) is 2.12. The second-order valence-electron chi connectivity index (χ2n) is 4.87. The Labute approximate surface area is 122 Å². The molecular formula is C16H10F2O4. The molecule has 0 radical (unpaired) electrons. The van der Waals surface area contributed by atoms with E-state index in [1.54, 1.807) is 30.3 Å². The molecule has 0 saturated carbocycles. The van der Waals surface area contributed by atoms with E-state index in [2.05, 4.69) is 4.74 Å². The van der Waals surface area contributed by atoms with Gasteiger partial charge < -0.3 is 9.15 Å². The van der Waals surface area contributed by atoms with Gasteiger partial charge in [-0.3, -0.25) is 0 Å². The first-order chi connectivity index (χ1) is 10.4. The minimum absolute atomic E-state index is 0.113. The van der Waals surface area contributed by atoms with Gasteiger partial charge in [0.1, 0.15) is 11.3 Å². The van der Waals surface area contributed by atoms with E-state index in [0.717, 1.165) is 0 Å². The van der Waals surface area contributed by atoms with Crippen molar-refractivity contribution < 1.29 is 22.7 Å². The molecule has 0 N–H and O–H groups in total. The molecule has 6 heteroatoms. The molecule has 3 rings (SSSR count). The number of ether oxygens (including phenoxy) is 1. The molecule has 22 heavy (non-hydrogen) atoms. The number of carbonyl (C=O) groups excluding carboxylic acids is 1. The molecule has 1 aromatic heterocycles. The van der Waals surface area contributed by atoms with Crippen LogP contribution in [0.25, 0.3) is 21.7 Å². The second kappa shape index (κ2) is 4.91. The zero-order valence-electron chi connectivity index (χ0n) is 11.4. The number of hydrogen-bond acceptors (Lipinski definition) is 4. The zero-order chi connectivity index (χ0) is 15.9. The van der Waals surface area contributed by atoms with Crippen molar-refractivity contribution >= 4 is 27.7 Å². The molecule has 0 amide bonds. The zero-order valence-corrected chi connectivity index (χ0v) is 11.4. The minimum Gasteiger partial charge on any atom is -0.422 e. The van der Waals surface area contributed by atoms with Crippen LogP contribution in [0.1, 0.15) is 6.92 Å². The van der Waals surface area contributed by atoms with Gasteiger partial charge in [0.05, 0.1) is 5.39 Å². The van der Waals surface area contributed by atoms with Crippen LogP contribution in [0.15, 0.2) is 51.7 Å². The van der Waals surface area contributed by atoms with Crippen LogP contribution in [-0.2, 0) is 4.79 Å². The minimum atomic E-state index is -3.60. The van der Waals surface area contributed by atoms with Gasteiger partial charge in [-0.05, 0) is 23.6 Å². The highest BCUT2D eigenvalue weighted by atomic mass is 19.3. The summed E-state index contributed by atoms with van der Waals surface area (Å²) in [5, 5.41) is 1.71. The van der Waals surface area contributed by atoms with Crippen LogP contribution in [0.2, 0.25) is 0 Å². The van der Waals surface area contributed by atoms with Crippen LogP contribution in [0.3, 0.4) is 0 Å². The fourth-order valence-electron chi connectivity index (χ4n) is 2.12.